The first kappa shape index (κ1) is 18.8. The van der Waals surface area contributed by atoms with Gasteiger partial charge in [0, 0.05) is 18.3 Å². The summed E-state index contributed by atoms with van der Waals surface area (Å²) in [6, 6.07) is 17.9. The molecule has 6 heteroatoms. The second kappa shape index (κ2) is 8.24. The van der Waals surface area contributed by atoms with Gasteiger partial charge in [-0.05, 0) is 75.3 Å². The standard InChI is InChI=1S/C24H25N5O/c1-28-13-11-18(12-14-28)16-29-24-22(15-25-17-26-24)23(27-29)19-7-9-21(10-8-19)30-20-5-3-2-4-6-20/h2-10,15,17-18H,11-14,16H2,1H3. The Hall–Kier alpha value is -3.25. The normalized spacial score (nSPS) is 15.5. The van der Waals surface area contributed by atoms with Crippen LogP contribution in [-0.4, -0.2) is 44.8 Å². The Bertz CT molecular complexity index is 1120. The molecule has 4 aromatic rings. The molecule has 2 aromatic heterocycles. The van der Waals surface area contributed by atoms with Crippen LogP contribution in [0.15, 0.2) is 67.1 Å². The van der Waals surface area contributed by atoms with Gasteiger partial charge in [0.2, 0.25) is 0 Å². The van der Waals surface area contributed by atoms with E-state index < -0.39 is 0 Å². The lowest BCUT2D eigenvalue weighted by Crippen LogP contribution is -2.32. The van der Waals surface area contributed by atoms with E-state index in [0.717, 1.165) is 53.4 Å². The van der Waals surface area contributed by atoms with E-state index in [0.29, 0.717) is 5.92 Å². The zero-order valence-electron chi connectivity index (χ0n) is 17.1. The van der Waals surface area contributed by atoms with Crippen molar-refractivity contribution in [1.29, 1.82) is 0 Å². The van der Waals surface area contributed by atoms with Crippen molar-refractivity contribution in [3.63, 3.8) is 0 Å². The lowest BCUT2D eigenvalue weighted by atomic mass is 9.97. The average Bonchev–Trinajstić information content (AvgIpc) is 3.15. The minimum Gasteiger partial charge on any atom is -0.457 e. The molecular formula is C24H25N5O. The van der Waals surface area contributed by atoms with Gasteiger partial charge < -0.3 is 9.64 Å². The molecule has 5 rings (SSSR count). The van der Waals surface area contributed by atoms with Gasteiger partial charge in [-0.2, -0.15) is 5.10 Å². The van der Waals surface area contributed by atoms with Crippen molar-refractivity contribution in [2.45, 2.75) is 19.4 Å². The van der Waals surface area contributed by atoms with Crippen LogP contribution in [0.25, 0.3) is 22.3 Å². The molecule has 1 aliphatic heterocycles. The third kappa shape index (κ3) is 3.91. The Morgan fingerprint density at radius 2 is 1.70 bits per heavy atom. The fourth-order valence-corrected chi connectivity index (χ4v) is 4.05. The van der Waals surface area contributed by atoms with Crippen LogP contribution in [0.4, 0.5) is 0 Å². The topological polar surface area (TPSA) is 56.1 Å². The molecule has 0 aliphatic carbocycles. The van der Waals surface area contributed by atoms with Gasteiger partial charge in [0.25, 0.3) is 0 Å². The highest BCUT2D eigenvalue weighted by Gasteiger charge is 2.20. The van der Waals surface area contributed by atoms with Gasteiger partial charge in [-0.15, -0.1) is 0 Å². The number of benzene rings is 2. The number of fused-ring (bicyclic) bond motifs is 1. The quantitative estimate of drug-likeness (QED) is 0.490. The largest absolute Gasteiger partial charge is 0.457 e. The van der Waals surface area contributed by atoms with Crippen molar-refractivity contribution < 1.29 is 4.74 Å². The lowest BCUT2D eigenvalue weighted by molar-refractivity contribution is 0.202. The van der Waals surface area contributed by atoms with Crippen LogP contribution in [0.3, 0.4) is 0 Å². The average molecular weight is 399 g/mol. The molecule has 1 saturated heterocycles. The Balaban J connectivity index is 1.41. The summed E-state index contributed by atoms with van der Waals surface area (Å²) in [6.07, 6.45) is 5.87. The minimum absolute atomic E-state index is 0.633. The summed E-state index contributed by atoms with van der Waals surface area (Å²) in [6.45, 7) is 3.19. The van der Waals surface area contributed by atoms with Gasteiger partial charge in [-0.1, -0.05) is 18.2 Å². The zero-order chi connectivity index (χ0) is 20.3. The van der Waals surface area contributed by atoms with Gasteiger partial charge in [-0.25, -0.2) is 14.6 Å². The molecule has 152 valence electrons. The molecule has 0 spiro atoms. The Labute approximate surface area is 176 Å². The van der Waals surface area contributed by atoms with Crippen LogP contribution in [0, 0.1) is 5.92 Å². The number of nitrogens with zero attached hydrogens (tertiary/aromatic N) is 5. The molecular weight excluding hydrogens is 374 g/mol. The molecule has 3 heterocycles. The van der Waals surface area contributed by atoms with E-state index in [2.05, 4.69) is 26.6 Å². The van der Waals surface area contributed by atoms with Crippen LogP contribution in [0.2, 0.25) is 0 Å². The van der Waals surface area contributed by atoms with Crippen molar-refractivity contribution in [2.75, 3.05) is 20.1 Å². The van der Waals surface area contributed by atoms with E-state index >= 15 is 0 Å². The number of hydrogen-bond donors (Lipinski definition) is 0. The van der Waals surface area contributed by atoms with Crippen molar-refractivity contribution in [3.8, 4) is 22.8 Å². The summed E-state index contributed by atoms with van der Waals surface area (Å²) in [4.78, 5) is 11.2. The van der Waals surface area contributed by atoms with Crippen molar-refractivity contribution in [2.24, 2.45) is 5.92 Å². The number of rotatable bonds is 5. The maximum Gasteiger partial charge on any atom is 0.161 e. The predicted octanol–water partition coefficient (Wildman–Crippen LogP) is 4.63. The van der Waals surface area contributed by atoms with Gasteiger partial charge in [0.1, 0.15) is 23.5 Å². The Kier molecular flexibility index (Phi) is 5.15. The number of ether oxygens (including phenoxy) is 1. The highest BCUT2D eigenvalue weighted by atomic mass is 16.5. The number of para-hydroxylation sites is 1. The first-order valence-electron chi connectivity index (χ1n) is 10.4. The van der Waals surface area contributed by atoms with Crippen molar-refractivity contribution in [3.05, 3.63) is 67.1 Å². The maximum atomic E-state index is 5.92. The van der Waals surface area contributed by atoms with Crippen molar-refractivity contribution >= 4 is 11.0 Å². The summed E-state index contributed by atoms with van der Waals surface area (Å²) in [5, 5.41) is 5.93. The van der Waals surface area contributed by atoms with E-state index in [1.165, 1.54) is 12.8 Å². The van der Waals surface area contributed by atoms with Gasteiger partial charge in [0.15, 0.2) is 5.65 Å². The molecule has 0 unspecified atom stereocenters. The third-order valence-corrected chi connectivity index (χ3v) is 5.79. The van der Waals surface area contributed by atoms with Crippen molar-refractivity contribution in [1.82, 2.24) is 24.6 Å². The van der Waals surface area contributed by atoms with Crippen LogP contribution in [0.1, 0.15) is 12.8 Å². The lowest BCUT2D eigenvalue weighted by Gasteiger charge is -2.28. The van der Waals surface area contributed by atoms with E-state index in [4.69, 9.17) is 9.84 Å². The van der Waals surface area contributed by atoms with Gasteiger partial charge in [-0.3, -0.25) is 0 Å². The highest BCUT2D eigenvalue weighted by molar-refractivity contribution is 5.90. The second-order valence-corrected chi connectivity index (χ2v) is 7.98. The van der Waals surface area contributed by atoms with Crippen LogP contribution >= 0.6 is 0 Å². The van der Waals surface area contributed by atoms with Crippen LogP contribution < -0.4 is 4.74 Å². The second-order valence-electron chi connectivity index (χ2n) is 7.98. The van der Waals surface area contributed by atoms with Crippen LogP contribution in [-0.2, 0) is 6.54 Å². The molecule has 1 aliphatic rings. The summed E-state index contributed by atoms with van der Waals surface area (Å²) in [5.41, 5.74) is 2.87. The number of hydrogen-bond acceptors (Lipinski definition) is 5. The predicted molar refractivity (Wildman–Crippen MR) is 117 cm³/mol. The molecule has 30 heavy (non-hydrogen) atoms. The smallest absolute Gasteiger partial charge is 0.161 e. The van der Waals surface area contributed by atoms with E-state index in [9.17, 15) is 0 Å². The fraction of sp³-hybridized carbons (Fsp3) is 0.292. The molecule has 2 aromatic carbocycles. The van der Waals surface area contributed by atoms with E-state index in [1.54, 1.807) is 6.33 Å². The molecule has 0 atom stereocenters. The summed E-state index contributed by atoms with van der Waals surface area (Å²) in [5.74, 6) is 2.26. The maximum absolute atomic E-state index is 5.92. The van der Waals surface area contributed by atoms with Crippen LogP contribution in [0.5, 0.6) is 11.5 Å². The first-order chi connectivity index (χ1) is 14.8. The monoisotopic (exact) mass is 399 g/mol. The molecule has 0 amide bonds. The molecule has 0 N–H and O–H groups in total. The molecule has 0 bridgehead atoms. The van der Waals surface area contributed by atoms with E-state index in [1.807, 2.05) is 60.8 Å². The third-order valence-electron chi connectivity index (χ3n) is 5.79. The van der Waals surface area contributed by atoms with E-state index in [-0.39, 0.29) is 0 Å². The fourth-order valence-electron chi connectivity index (χ4n) is 4.05. The number of aromatic nitrogens is 4. The Morgan fingerprint density at radius 1 is 0.967 bits per heavy atom. The number of piperidine rings is 1. The SMILES string of the molecule is CN1CCC(Cn2nc(-c3ccc(Oc4ccccc4)cc3)c3cncnc32)CC1. The zero-order valence-corrected chi connectivity index (χ0v) is 17.1. The number of likely N-dealkylation sites (tertiary alicyclic amines) is 1. The minimum atomic E-state index is 0.633. The molecule has 0 radical (unpaired) electrons. The molecule has 0 saturated carbocycles. The summed E-state index contributed by atoms with van der Waals surface area (Å²) >= 11 is 0. The molecule has 6 nitrogen and oxygen atoms in total. The Morgan fingerprint density at radius 3 is 2.47 bits per heavy atom. The van der Waals surface area contributed by atoms with Gasteiger partial charge in [0.05, 0.1) is 5.39 Å². The molecule has 1 fully saturated rings. The summed E-state index contributed by atoms with van der Waals surface area (Å²) in [7, 11) is 2.19. The first-order valence-corrected chi connectivity index (χ1v) is 10.4. The highest BCUT2D eigenvalue weighted by Crippen LogP contribution is 2.30. The summed E-state index contributed by atoms with van der Waals surface area (Å²) < 4.78 is 7.98. The van der Waals surface area contributed by atoms with Gasteiger partial charge >= 0.3 is 0 Å².